The molecule has 0 radical (unpaired) electrons. The Labute approximate surface area is 156 Å². The highest BCUT2D eigenvalue weighted by Crippen LogP contribution is 2.52. The topological polar surface area (TPSA) is 94.5 Å². The second-order valence-electron chi connectivity index (χ2n) is 6.97. The molecule has 1 N–H and O–H groups in total. The highest BCUT2D eigenvalue weighted by Gasteiger charge is 2.66. The van der Waals surface area contributed by atoms with Gasteiger partial charge in [-0.15, -0.1) is 0 Å². The minimum atomic E-state index is -1.00. The summed E-state index contributed by atoms with van der Waals surface area (Å²) in [5.41, 5.74) is -0.0505. The lowest BCUT2D eigenvalue weighted by Gasteiger charge is -2.22. The van der Waals surface area contributed by atoms with Gasteiger partial charge in [-0.2, -0.15) is 0 Å². The molecule has 3 aliphatic rings. The number of fused-ring (bicyclic) bond motifs is 1. The lowest BCUT2D eigenvalue weighted by atomic mass is 9.77. The number of carboxylic acid groups (broad SMARTS) is 1. The fraction of sp³-hybridized carbons (Fsp3) is 0.474. The maximum atomic E-state index is 13.0. The van der Waals surface area contributed by atoms with Crippen LogP contribution in [-0.4, -0.2) is 61.5 Å². The molecule has 3 aliphatic heterocycles. The predicted molar refractivity (Wildman–Crippen MR) is 92.9 cm³/mol. The van der Waals surface area contributed by atoms with Crippen LogP contribution in [0.15, 0.2) is 24.3 Å². The highest BCUT2D eigenvalue weighted by atomic mass is 16.5. The van der Waals surface area contributed by atoms with Crippen LogP contribution in [0.25, 0.3) is 0 Å². The van der Waals surface area contributed by atoms with Gasteiger partial charge in [-0.25, -0.2) is 0 Å². The molecule has 1 spiro atoms. The van der Waals surface area contributed by atoms with Crippen molar-refractivity contribution < 1.29 is 33.6 Å². The number of nitrogens with zero attached hydrogens (tertiary/aromatic N) is 1. The van der Waals surface area contributed by atoms with E-state index in [0.717, 1.165) is 5.56 Å². The van der Waals surface area contributed by atoms with Crippen LogP contribution in [0.5, 0.6) is 17.2 Å². The number of methoxy groups -OCH3 is 3. The largest absolute Gasteiger partial charge is 0.493 e. The molecular weight excluding hydrogens is 354 g/mol. The van der Waals surface area contributed by atoms with Gasteiger partial charge >= 0.3 is 5.97 Å². The number of amides is 1. The summed E-state index contributed by atoms with van der Waals surface area (Å²) in [6.45, 7) is 0.617. The summed E-state index contributed by atoms with van der Waals surface area (Å²) in [6, 6.07) is 3.56. The zero-order valence-corrected chi connectivity index (χ0v) is 15.3. The lowest BCUT2D eigenvalue weighted by molar-refractivity contribution is -0.148. The molecule has 8 heteroatoms. The van der Waals surface area contributed by atoms with Crippen molar-refractivity contribution in [3.05, 3.63) is 29.8 Å². The molecule has 4 rings (SSSR count). The minimum absolute atomic E-state index is 0.206. The molecular formula is C19H21NO7. The van der Waals surface area contributed by atoms with Crippen LogP contribution >= 0.6 is 0 Å². The van der Waals surface area contributed by atoms with E-state index in [4.69, 9.17) is 18.9 Å². The second kappa shape index (κ2) is 6.16. The van der Waals surface area contributed by atoms with E-state index < -0.39 is 29.5 Å². The van der Waals surface area contributed by atoms with Gasteiger partial charge in [-0.3, -0.25) is 9.59 Å². The van der Waals surface area contributed by atoms with Gasteiger partial charge in [0.2, 0.25) is 11.7 Å². The Morgan fingerprint density at radius 3 is 2.48 bits per heavy atom. The normalized spacial score (nSPS) is 30.6. The van der Waals surface area contributed by atoms with Crippen LogP contribution in [0.2, 0.25) is 0 Å². The number of rotatable bonds is 6. The highest BCUT2D eigenvalue weighted by molar-refractivity contribution is 5.90. The fourth-order valence-electron chi connectivity index (χ4n) is 4.44. The standard InChI is InChI=1S/C19H21NO7/c1-24-12-6-10(7-13(25-2)16(12)26-3)8-20-9-19-5-4-11(27-19)14(18(22)23)15(19)17(20)21/h4-7,11,14-15H,8-9H2,1-3H3,(H,22,23)/t11-,14-,15-,19-/m1/s1. The van der Waals surface area contributed by atoms with E-state index in [-0.39, 0.29) is 5.91 Å². The summed E-state index contributed by atoms with van der Waals surface area (Å²) in [7, 11) is 4.58. The quantitative estimate of drug-likeness (QED) is 0.744. The number of likely N-dealkylation sites (tertiary alicyclic amines) is 1. The maximum Gasteiger partial charge on any atom is 0.310 e. The van der Waals surface area contributed by atoms with E-state index >= 15 is 0 Å². The SMILES string of the molecule is COc1cc(CN2C[C@@]34C=C[C@@H](O3)[C@@H](C(=O)O)[C@@H]4C2=O)cc(OC)c1OC. The van der Waals surface area contributed by atoms with Gasteiger partial charge < -0.3 is 29.0 Å². The summed E-state index contributed by atoms with van der Waals surface area (Å²) in [4.78, 5) is 26.3. The molecule has 3 heterocycles. The summed E-state index contributed by atoms with van der Waals surface area (Å²) in [6.07, 6.45) is 3.07. The van der Waals surface area contributed by atoms with Gasteiger partial charge in [-0.1, -0.05) is 12.2 Å². The van der Waals surface area contributed by atoms with Crippen molar-refractivity contribution in [3.63, 3.8) is 0 Å². The maximum absolute atomic E-state index is 13.0. The number of aliphatic carboxylic acids is 1. The second-order valence-corrected chi connectivity index (χ2v) is 6.97. The third-order valence-electron chi connectivity index (χ3n) is 5.56. The van der Waals surface area contributed by atoms with Crippen molar-refractivity contribution in [2.75, 3.05) is 27.9 Å². The van der Waals surface area contributed by atoms with Crippen molar-refractivity contribution >= 4 is 11.9 Å². The average Bonchev–Trinajstić information content (AvgIpc) is 3.29. The Hall–Kier alpha value is -2.74. The molecule has 2 saturated heterocycles. The summed E-state index contributed by atoms with van der Waals surface area (Å²) in [5.74, 6) is -1.26. The molecule has 0 aliphatic carbocycles. The Morgan fingerprint density at radius 1 is 1.26 bits per heavy atom. The molecule has 1 aromatic carbocycles. The number of carbonyl (C=O) groups is 2. The first kappa shape index (κ1) is 17.7. The number of carboxylic acids is 1. The van der Waals surface area contributed by atoms with Gasteiger partial charge in [0.25, 0.3) is 0 Å². The van der Waals surface area contributed by atoms with Crippen LogP contribution in [0.3, 0.4) is 0 Å². The van der Waals surface area contributed by atoms with Crippen molar-refractivity contribution in [1.29, 1.82) is 0 Å². The van der Waals surface area contributed by atoms with E-state index in [0.29, 0.717) is 30.3 Å². The Kier molecular flexibility index (Phi) is 4.03. The molecule has 4 atom stereocenters. The van der Waals surface area contributed by atoms with Crippen molar-refractivity contribution in [2.24, 2.45) is 11.8 Å². The summed E-state index contributed by atoms with van der Waals surface area (Å²) in [5, 5.41) is 9.54. The molecule has 8 nitrogen and oxygen atoms in total. The monoisotopic (exact) mass is 375 g/mol. The van der Waals surface area contributed by atoms with E-state index in [1.165, 1.54) is 21.3 Å². The molecule has 2 bridgehead atoms. The smallest absolute Gasteiger partial charge is 0.310 e. The summed E-state index contributed by atoms with van der Waals surface area (Å²) < 4.78 is 21.9. The molecule has 0 saturated carbocycles. The number of hydrogen-bond acceptors (Lipinski definition) is 6. The molecule has 1 amide bonds. The molecule has 0 unspecified atom stereocenters. The van der Waals surface area contributed by atoms with Gasteiger partial charge in [0.15, 0.2) is 11.5 Å². The van der Waals surface area contributed by atoms with Gasteiger partial charge in [-0.05, 0) is 17.7 Å². The summed E-state index contributed by atoms with van der Waals surface area (Å²) >= 11 is 0. The Morgan fingerprint density at radius 2 is 1.93 bits per heavy atom. The third kappa shape index (κ3) is 2.47. The molecule has 27 heavy (non-hydrogen) atoms. The fourth-order valence-corrected chi connectivity index (χ4v) is 4.44. The average molecular weight is 375 g/mol. The number of carbonyl (C=O) groups excluding carboxylic acids is 1. The number of benzene rings is 1. The van der Waals surface area contributed by atoms with Crippen LogP contribution in [0.4, 0.5) is 0 Å². The number of hydrogen-bond donors (Lipinski definition) is 1. The van der Waals surface area contributed by atoms with Crippen molar-refractivity contribution in [3.8, 4) is 17.2 Å². The first-order chi connectivity index (χ1) is 12.9. The van der Waals surface area contributed by atoms with Gasteiger partial charge in [0.1, 0.15) is 11.5 Å². The van der Waals surface area contributed by atoms with Crippen molar-refractivity contribution in [2.45, 2.75) is 18.2 Å². The van der Waals surface area contributed by atoms with Gasteiger partial charge in [0, 0.05) is 6.54 Å². The van der Waals surface area contributed by atoms with Crippen LogP contribution in [0.1, 0.15) is 5.56 Å². The zero-order chi connectivity index (χ0) is 19.3. The lowest BCUT2D eigenvalue weighted by Crippen LogP contribution is -2.39. The molecule has 144 valence electrons. The zero-order valence-electron chi connectivity index (χ0n) is 15.3. The Bertz CT molecular complexity index is 810. The molecule has 1 aromatic rings. The Balaban J connectivity index is 1.63. The van der Waals surface area contributed by atoms with E-state index in [2.05, 4.69) is 0 Å². The van der Waals surface area contributed by atoms with Crippen LogP contribution < -0.4 is 14.2 Å². The first-order valence-electron chi connectivity index (χ1n) is 8.61. The first-order valence-corrected chi connectivity index (χ1v) is 8.61. The van der Waals surface area contributed by atoms with Crippen LogP contribution in [-0.2, 0) is 20.9 Å². The van der Waals surface area contributed by atoms with Crippen LogP contribution in [0, 0.1) is 11.8 Å². The van der Waals surface area contributed by atoms with E-state index in [1.807, 2.05) is 6.08 Å². The van der Waals surface area contributed by atoms with E-state index in [1.54, 1.807) is 23.1 Å². The number of ether oxygens (including phenoxy) is 4. The predicted octanol–water partition coefficient (Wildman–Crippen LogP) is 1.08. The van der Waals surface area contributed by atoms with E-state index in [9.17, 15) is 14.7 Å². The molecule has 0 aromatic heterocycles. The molecule has 2 fully saturated rings. The van der Waals surface area contributed by atoms with Gasteiger partial charge in [0.05, 0.1) is 39.9 Å². The third-order valence-corrected chi connectivity index (χ3v) is 5.56. The minimum Gasteiger partial charge on any atom is -0.493 e. The van der Waals surface area contributed by atoms with Crippen molar-refractivity contribution in [1.82, 2.24) is 4.90 Å².